The van der Waals surface area contributed by atoms with E-state index in [1.807, 2.05) is 0 Å². The van der Waals surface area contributed by atoms with Crippen LogP contribution in [0.4, 0.5) is 0 Å². The van der Waals surface area contributed by atoms with Gasteiger partial charge in [-0.05, 0) is 42.4 Å². The number of oxime groups is 1. The second-order valence-corrected chi connectivity index (χ2v) is 6.15. The SMILES string of the molecule is Cc1ccc(C(C)(C)C)c(OCCCCC(N)=NO)c1. The van der Waals surface area contributed by atoms with Gasteiger partial charge in [0, 0.05) is 6.42 Å². The molecule has 0 spiro atoms. The highest BCUT2D eigenvalue weighted by atomic mass is 16.5. The lowest BCUT2D eigenvalue weighted by Crippen LogP contribution is -2.14. The van der Waals surface area contributed by atoms with E-state index in [0.717, 1.165) is 18.6 Å². The fourth-order valence-corrected chi connectivity index (χ4v) is 2.01. The van der Waals surface area contributed by atoms with E-state index in [4.69, 9.17) is 15.7 Å². The van der Waals surface area contributed by atoms with Crippen LogP contribution in [0.25, 0.3) is 0 Å². The fourth-order valence-electron chi connectivity index (χ4n) is 2.01. The predicted octanol–water partition coefficient (Wildman–Crippen LogP) is 3.59. The number of unbranched alkanes of at least 4 members (excludes halogenated alkanes) is 1. The summed E-state index contributed by atoms with van der Waals surface area (Å²) in [5.41, 5.74) is 7.91. The zero-order valence-corrected chi connectivity index (χ0v) is 12.9. The summed E-state index contributed by atoms with van der Waals surface area (Å²) in [5.74, 6) is 1.23. The van der Waals surface area contributed by atoms with Crippen LogP contribution in [0.2, 0.25) is 0 Å². The number of nitrogens with two attached hydrogens (primary N) is 1. The van der Waals surface area contributed by atoms with Gasteiger partial charge in [-0.15, -0.1) is 0 Å². The highest BCUT2D eigenvalue weighted by Crippen LogP contribution is 2.32. The third-order valence-corrected chi connectivity index (χ3v) is 3.16. The maximum Gasteiger partial charge on any atom is 0.139 e. The van der Waals surface area contributed by atoms with E-state index in [1.54, 1.807) is 0 Å². The number of hydrogen-bond donors (Lipinski definition) is 2. The molecule has 0 saturated heterocycles. The minimum atomic E-state index is 0.0665. The van der Waals surface area contributed by atoms with Crippen molar-refractivity contribution >= 4 is 5.84 Å². The molecule has 0 aromatic heterocycles. The van der Waals surface area contributed by atoms with Crippen LogP contribution in [0.3, 0.4) is 0 Å². The topological polar surface area (TPSA) is 67.8 Å². The van der Waals surface area contributed by atoms with Crippen molar-refractivity contribution in [3.63, 3.8) is 0 Å². The molecule has 0 aliphatic heterocycles. The van der Waals surface area contributed by atoms with E-state index >= 15 is 0 Å². The Morgan fingerprint density at radius 3 is 2.60 bits per heavy atom. The molecule has 0 aliphatic rings. The Morgan fingerprint density at radius 2 is 2.00 bits per heavy atom. The van der Waals surface area contributed by atoms with Gasteiger partial charge in [0.25, 0.3) is 0 Å². The lowest BCUT2D eigenvalue weighted by Gasteiger charge is -2.23. The Morgan fingerprint density at radius 1 is 1.30 bits per heavy atom. The van der Waals surface area contributed by atoms with Gasteiger partial charge in [-0.1, -0.05) is 38.1 Å². The summed E-state index contributed by atoms with van der Waals surface area (Å²) in [5, 5.41) is 11.4. The normalized spacial score (nSPS) is 12.5. The van der Waals surface area contributed by atoms with Crippen LogP contribution in [0.5, 0.6) is 5.75 Å². The van der Waals surface area contributed by atoms with E-state index in [1.165, 1.54) is 11.1 Å². The van der Waals surface area contributed by atoms with Gasteiger partial charge in [-0.2, -0.15) is 0 Å². The zero-order valence-electron chi connectivity index (χ0n) is 12.9. The first-order valence-corrected chi connectivity index (χ1v) is 7.05. The number of benzene rings is 1. The summed E-state index contributed by atoms with van der Waals surface area (Å²) < 4.78 is 5.92. The van der Waals surface area contributed by atoms with E-state index < -0.39 is 0 Å². The molecule has 0 fully saturated rings. The molecule has 0 saturated carbocycles. The molecule has 0 atom stereocenters. The molecule has 1 aromatic rings. The van der Waals surface area contributed by atoms with Crippen molar-refractivity contribution in [2.75, 3.05) is 6.61 Å². The molecule has 0 amide bonds. The van der Waals surface area contributed by atoms with Crippen LogP contribution in [0, 0.1) is 6.92 Å². The highest BCUT2D eigenvalue weighted by Gasteiger charge is 2.18. The van der Waals surface area contributed by atoms with Crippen molar-refractivity contribution < 1.29 is 9.94 Å². The largest absolute Gasteiger partial charge is 0.493 e. The maximum absolute atomic E-state index is 8.46. The quantitative estimate of drug-likeness (QED) is 0.275. The number of amidine groups is 1. The molecule has 1 aromatic carbocycles. The van der Waals surface area contributed by atoms with Gasteiger partial charge in [0.15, 0.2) is 0 Å². The molecule has 4 nitrogen and oxygen atoms in total. The van der Waals surface area contributed by atoms with Gasteiger partial charge in [0.2, 0.25) is 0 Å². The van der Waals surface area contributed by atoms with Gasteiger partial charge in [-0.25, -0.2) is 0 Å². The molecule has 4 heteroatoms. The van der Waals surface area contributed by atoms with Gasteiger partial charge in [-0.3, -0.25) is 0 Å². The molecule has 0 unspecified atom stereocenters. The molecule has 0 heterocycles. The van der Waals surface area contributed by atoms with Gasteiger partial charge < -0.3 is 15.7 Å². The standard InChI is InChI=1S/C16H26N2O2/c1-12-8-9-13(16(2,3)4)14(11-12)20-10-6-5-7-15(17)18-19/h8-9,11,19H,5-7,10H2,1-4H3,(H2,17,18). The second-order valence-electron chi connectivity index (χ2n) is 6.15. The number of nitrogens with zero attached hydrogens (tertiary/aromatic N) is 1. The molecule has 0 radical (unpaired) electrons. The first-order chi connectivity index (χ1) is 9.34. The highest BCUT2D eigenvalue weighted by molar-refractivity contribution is 5.79. The number of hydrogen-bond acceptors (Lipinski definition) is 3. The first-order valence-electron chi connectivity index (χ1n) is 7.05. The molecule has 0 aliphatic carbocycles. The van der Waals surface area contributed by atoms with Crippen LogP contribution >= 0.6 is 0 Å². The second kappa shape index (κ2) is 7.17. The van der Waals surface area contributed by atoms with E-state index in [-0.39, 0.29) is 11.3 Å². The van der Waals surface area contributed by atoms with Gasteiger partial charge >= 0.3 is 0 Å². The van der Waals surface area contributed by atoms with Crippen molar-refractivity contribution in [1.29, 1.82) is 0 Å². The summed E-state index contributed by atoms with van der Waals surface area (Å²) in [4.78, 5) is 0. The van der Waals surface area contributed by atoms with Gasteiger partial charge in [0.1, 0.15) is 11.6 Å². The number of aryl methyl sites for hydroxylation is 1. The van der Waals surface area contributed by atoms with Crippen molar-refractivity contribution in [2.24, 2.45) is 10.9 Å². The van der Waals surface area contributed by atoms with E-state index in [2.05, 4.69) is 51.0 Å². The lowest BCUT2D eigenvalue weighted by molar-refractivity contribution is 0.297. The summed E-state index contributed by atoms with van der Waals surface area (Å²) in [6, 6.07) is 6.34. The maximum atomic E-state index is 8.46. The Balaban J connectivity index is 2.57. The van der Waals surface area contributed by atoms with Crippen molar-refractivity contribution in [1.82, 2.24) is 0 Å². The molecule has 112 valence electrons. The average Bonchev–Trinajstić information content (AvgIpc) is 2.36. The smallest absolute Gasteiger partial charge is 0.139 e. The Labute approximate surface area is 121 Å². The summed E-state index contributed by atoms with van der Waals surface area (Å²) in [7, 11) is 0. The van der Waals surface area contributed by atoms with Crippen LogP contribution in [-0.4, -0.2) is 17.6 Å². The number of rotatable bonds is 6. The minimum Gasteiger partial charge on any atom is -0.493 e. The summed E-state index contributed by atoms with van der Waals surface area (Å²) >= 11 is 0. The minimum absolute atomic E-state index is 0.0665. The van der Waals surface area contributed by atoms with Crippen molar-refractivity contribution in [3.05, 3.63) is 29.3 Å². The molecule has 3 N–H and O–H groups in total. The Kier molecular flexibility index (Phi) is 5.86. The average molecular weight is 278 g/mol. The van der Waals surface area contributed by atoms with Crippen LogP contribution in [0.15, 0.2) is 23.4 Å². The van der Waals surface area contributed by atoms with Crippen molar-refractivity contribution in [3.8, 4) is 5.75 Å². The predicted molar refractivity (Wildman–Crippen MR) is 82.6 cm³/mol. The number of ether oxygens (including phenoxy) is 1. The molecule has 20 heavy (non-hydrogen) atoms. The third-order valence-electron chi connectivity index (χ3n) is 3.16. The summed E-state index contributed by atoms with van der Waals surface area (Å²) in [6.45, 7) is 9.26. The molecule has 1 rings (SSSR count). The Bertz CT molecular complexity index is 462. The van der Waals surface area contributed by atoms with Gasteiger partial charge in [0.05, 0.1) is 6.61 Å². The van der Waals surface area contributed by atoms with E-state index in [9.17, 15) is 0 Å². The molecular formula is C16H26N2O2. The van der Waals surface area contributed by atoms with Crippen LogP contribution < -0.4 is 10.5 Å². The Hall–Kier alpha value is -1.71. The van der Waals surface area contributed by atoms with E-state index in [0.29, 0.717) is 13.0 Å². The lowest BCUT2D eigenvalue weighted by atomic mass is 9.86. The monoisotopic (exact) mass is 278 g/mol. The third kappa shape index (κ3) is 5.11. The first kappa shape index (κ1) is 16.3. The fraction of sp³-hybridized carbons (Fsp3) is 0.562. The molecular weight excluding hydrogens is 252 g/mol. The van der Waals surface area contributed by atoms with Crippen LogP contribution in [-0.2, 0) is 5.41 Å². The zero-order chi connectivity index (χ0) is 15.2. The summed E-state index contributed by atoms with van der Waals surface area (Å²) in [6.07, 6.45) is 2.33. The molecule has 0 bridgehead atoms. The van der Waals surface area contributed by atoms with Crippen molar-refractivity contribution in [2.45, 2.75) is 52.4 Å². The van der Waals surface area contributed by atoms with Crippen LogP contribution in [0.1, 0.15) is 51.2 Å².